The number of nitrogens with zero attached hydrogens (tertiary/aromatic N) is 3. The van der Waals surface area contributed by atoms with E-state index in [1.54, 1.807) is 11.3 Å². The standard InChI is InChI=1S/C12H18N4S2/c1-4-5-10-12(18-16-15-10)11(13-3)6-9-7-17-8(2)14-9/h7,11,13H,4-6H2,1-3H3. The van der Waals surface area contributed by atoms with Crippen LogP contribution in [0.4, 0.5) is 0 Å². The summed E-state index contributed by atoms with van der Waals surface area (Å²) in [5, 5.41) is 10.8. The van der Waals surface area contributed by atoms with Crippen molar-refractivity contribution < 1.29 is 0 Å². The first-order valence-electron chi connectivity index (χ1n) is 6.14. The summed E-state index contributed by atoms with van der Waals surface area (Å²) in [4.78, 5) is 5.78. The van der Waals surface area contributed by atoms with Crippen LogP contribution in [-0.2, 0) is 12.8 Å². The fourth-order valence-corrected chi connectivity index (χ4v) is 3.36. The number of rotatable bonds is 6. The highest BCUT2D eigenvalue weighted by Crippen LogP contribution is 2.25. The van der Waals surface area contributed by atoms with Gasteiger partial charge >= 0.3 is 0 Å². The second-order valence-electron chi connectivity index (χ2n) is 4.24. The first-order valence-corrected chi connectivity index (χ1v) is 7.79. The Balaban J connectivity index is 2.14. The molecule has 0 saturated carbocycles. The van der Waals surface area contributed by atoms with Gasteiger partial charge in [0, 0.05) is 11.8 Å². The van der Waals surface area contributed by atoms with Crippen LogP contribution in [0.1, 0.15) is 40.7 Å². The zero-order valence-electron chi connectivity index (χ0n) is 10.9. The molecule has 2 aromatic rings. The van der Waals surface area contributed by atoms with Gasteiger partial charge in [-0.1, -0.05) is 17.8 Å². The second-order valence-corrected chi connectivity index (χ2v) is 6.09. The molecule has 2 heterocycles. The molecule has 0 bridgehead atoms. The highest BCUT2D eigenvalue weighted by molar-refractivity contribution is 7.09. The molecule has 4 nitrogen and oxygen atoms in total. The van der Waals surface area contributed by atoms with Crippen molar-refractivity contribution in [2.45, 2.75) is 39.2 Å². The van der Waals surface area contributed by atoms with E-state index < -0.39 is 0 Å². The SMILES string of the molecule is CCCc1nnsc1C(Cc1csc(C)n1)NC. The van der Waals surface area contributed by atoms with Crippen LogP contribution in [0.3, 0.4) is 0 Å². The average molecular weight is 282 g/mol. The maximum absolute atomic E-state index is 4.53. The highest BCUT2D eigenvalue weighted by atomic mass is 32.1. The van der Waals surface area contributed by atoms with Gasteiger partial charge in [-0.15, -0.1) is 16.4 Å². The summed E-state index contributed by atoms with van der Waals surface area (Å²) in [7, 11) is 1.99. The number of hydrogen-bond acceptors (Lipinski definition) is 6. The minimum atomic E-state index is 0.271. The minimum absolute atomic E-state index is 0.271. The molecule has 0 saturated heterocycles. The van der Waals surface area contributed by atoms with Crippen molar-refractivity contribution >= 4 is 22.9 Å². The van der Waals surface area contributed by atoms with Crippen molar-refractivity contribution in [2.24, 2.45) is 0 Å². The number of thiazole rings is 1. The summed E-state index contributed by atoms with van der Waals surface area (Å²) >= 11 is 3.20. The Morgan fingerprint density at radius 2 is 2.28 bits per heavy atom. The first-order chi connectivity index (χ1) is 8.74. The number of nitrogens with one attached hydrogen (secondary N) is 1. The lowest BCUT2D eigenvalue weighted by Gasteiger charge is -2.13. The number of hydrogen-bond donors (Lipinski definition) is 1. The van der Waals surface area contributed by atoms with Gasteiger partial charge < -0.3 is 5.32 Å². The van der Waals surface area contributed by atoms with Gasteiger partial charge in [-0.25, -0.2) is 4.98 Å². The van der Waals surface area contributed by atoms with Crippen LogP contribution in [0.15, 0.2) is 5.38 Å². The zero-order valence-corrected chi connectivity index (χ0v) is 12.6. The van der Waals surface area contributed by atoms with Crippen molar-refractivity contribution in [1.82, 2.24) is 19.9 Å². The zero-order chi connectivity index (χ0) is 13.0. The molecule has 0 fully saturated rings. The first kappa shape index (κ1) is 13.6. The normalized spacial score (nSPS) is 12.8. The van der Waals surface area contributed by atoms with Gasteiger partial charge in [0.25, 0.3) is 0 Å². The maximum Gasteiger partial charge on any atom is 0.0897 e. The minimum Gasteiger partial charge on any atom is -0.312 e. The largest absolute Gasteiger partial charge is 0.312 e. The molecule has 0 aliphatic heterocycles. The van der Waals surface area contributed by atoms with Crippen LogP contribution < -0.4 is 5.32 Å². The fraction of sp³-hybridized carbons (Fsp3) is 0.583. The van der Waals surface area contributed by atoms with E-state index in [1.807, 2.05) is 14.0 Å². The van der Waals surface area contributed by atoms with E-state index in [0.29, 0.717) is 0 Å². The molecule has 2 rings (SSSR count). The smallest absolute Gasteiger partial charge is 0.0897 e. The monoisotopic (exact) mass is 282 g/mol. The Bertz CT molecular complexity index is 492. The Kier molecular flexibility index (Phi) is 4.79. The number of likely N-dealkylation sites (N-methyl/N-ethyl adjacent to an activating group) is 1. The molecule has 6 heteroatoms. The van der Waals surface area contributed by atoms with Crippen molar-refractivity contribution in [1.29, 1.82) is 0 Å². The van der Waals surface area contributed by atoms with Crippen LogP contribution in [0.5, 0.6) is 0 Å². The van der Waals surface area contributed by atoms with E-state index >= 15 is 0 Å². The summed E-state index contributed by atoms with van der Waals surface area (Å²) < 4.78 is 4.09. The average Bonchev–Trinajstić information content (AvgIpc) is 2.96. The van der Waals surface area contributed by atoms with Gasteiger partial charge in [-0.2, -0.15) is 0 Å². The van der Waals surface area contributed by atoms with Gasteiger partial charge in [0.1, 0.15) is 0 Å². The van der Waals surface area contributed by atoms with Crippen molar-refractivity contribution in [3.63, 3.8) is 0 Å². The Labute approximate surface area is 116 Å². The summed E-state index contributed by atoms with van der Waals surface area (Å²) in [5.74, 6) is 0. The van der Waals surface area contributed by atoms with E-state index in [1.165, 1.54) is 16.4 Å². The third-order valence-electron chi connectivity index (χ3n) is 2.82. The van der Waals surface area contributed by atoms with E-state index in [-0.39, 0.29) is 6.04 Å². The molecule has 1 unspecified atom stereocenters. The Morgan fingerprint density at radius 3 is 2.89 bits per heavy atom. The van der Waals surface area contributed by atoms with E-state index in [9.17, 15) is 0 Å². The van der Waals surface area contributed by atoms with Crippen LogP contribution in [0.25, 0.3) is 0 Å². The summed E-state index contributed by atoms with van der Waals surface area (Å²) in [6.07, 6.45) is 3.01. The van der Waals surface area contributed by atoms with E-state index in [2.05, 4.69) is 32.2 Å². The van der Waals surface area contributed by atoms with Gasteiger partial charge in [0.05, 0.1) is 27.3 Å². The van der Waals surface area contributed by atoms with Gasteiger partial charge in [-0.3, -0.25) is 0 Å². The van der Waals surface area contributed by atoms with Crippen LogP contribution in [0.2, 0.25) is 0 Å². The van der Waals surface area contributed by atoms with E-state index in [0.717, 1.165) is 35.7 Å². The third-order valence-corrected chi connectivity index (χ3v) is 4.52. The molecule has 98 valence electrons. The lowest BCUT2D eigenvalue weighted by atomic mass is 10.1. The molecule has 1 N–H and O–H groups in total. The second kappa shape index (κ2) is 6.36. The van der Waals surface area contributed by atoms with Gasteiger partial charge in [-0.05, 0) is 31.9 Å². The third kappa shape index (κ3) is 3.13. The van der Waals surface area contributed by atoms with Crippen LogP contribution in [-0.4, -0.2) is 21.6 Å². The lowest BCUT2D eigenvalue weighted by molar-refractivity contribution is 0.587. The van der Waals surface area contributed by atoms with Gasteiger partial charge in [0.2, 0.25) is 0 Å². The molecular formula is C12H18N4S2. The van der Waals surface area contributed by atoms with Crippen molar-refractivity contribution in [3.8, 4) is 0 Å². The quantitative estimate of drug-likeness (QED) is 0.885. The molecular weight excluding hydrogens is 264 g/mol. The summed E-state index contributed by atoms with van der Waals surface area (Å²) in [6, 6.07) is 0.271. The molecule has 2 aromatic heterocycles. The van der Waals surface area contributed by atoms with Crippen molar-refractivity contribution in [2.75, 3.05) is 7.05 Å². The molecule has 18 heavy (non-hydrogen) atoms. The molecule has 1 atom stereocenters. The summed E-state index contributed by atoms with van der Waals surface area (Å²) in [6.45, 7) is 4.21. The molecule has 0 amide bonds. The lowest BCUT2D eigenvalue weighted by Crippen LogP contribution is -2.19. The van der Waals surface area contributed by atoms with E-state index in [4.69, 9.17) is 0 Å². The summed E-state index contributed by atoms with van der Waals surface area (Å²) in [5.41, 5.74) is 2.28. The number of aryl methyl sites for hydroxylation is 2. The predicted octanol–water partition coefficient (Wildman–Crippen LogP) is 2.76. The van der Waals surface area contributed by atoms with Crippen LogP contribution >= 0.6 is 22.9 Å². The predicted molar refractivity (Wildman–Crippen MR) is 76.3 cm³/mol. The van der Waals surface area contributed by atoms with Gasteiger partial charge in [0.15, 0.2) is 0 Å². The molecule has 0 radical (unpaired) electrons. The van der Waals surface area contributed by atoms with Crippen molar-refractivity contribution in [3.05, 3.63) is 26.7 Å². The topological polar surface area (TPSA) is 50.7 Å². The maximum atomic E-state index is 4.53. The van der Waals surface area contributed by atoms with Crippen LogP contribution in [0, 0.1) is 6.92 Å². The number of aromatic nitrogens is 3. The Morgan fingerprint density at radius 1 is 1.44 bits per heavy atom. The Hall–Kier alpha value is -0.850. The molecule has 0 aromatic carbocycles. The fourth-order valence-electron chi connectivity index (χ4n) is 1.93. The molecule has 0 aliphatic rings. The molecule has 0 aliphatic carbocycles. The molecule has 0 spiro atoms. The highest BCUT2D eigenvalue weighted by Gasteiger charge is 2.18.